The lowest BCUT2D eigenvalue weighted by Crippen LogP contribution is -2.37. The summed E-state index contributed by atoms with van der Waals surface area (Å²) in [4.78, 5) is 11.1. The monoisotopic (exact) mass is 196 g/mol. The third kappa shape index (κ3) is 2.27. The molecule has 0 aliphatic heterocycles. The molecular formula is C11H16O3. The first-order valence-corrected chi connectivity index (χ1v) is 4.89. The maximum absolute atomic E-state index is 11.1. The fourth-order valence-corrected chi connectivity index (χ4v) is 2.01. The van der Waals surface area contributed by atoms with Crippen LogP contribution < -0.4 is 0 Å². The minimum absolute atomic E-state index is 0.0478. The standard InChI is InChI=1S/C11H16O3/c1-3-11(13,8-10(12)14-2)9-6-4-5-7-9/h1,9,13H,4-8H2,2H3/t11-/m1/s1. The molecule has 0 spiro atoms. The number of carbonyl (C=O) groups excluding carboxylic acids is 1. The van der Waals surface area contributed by atoms with Gasteiger partial charge in [-0.25, -0.2) is 0 Å². The van der Waals surface area contributed by atoms with Crippen molar-refractivity contribution in [1.82, 2.24) is 0 Å². The van der Waals surface area contributed by atoms with Gasteiger partial charge in [0, 0.05) is 0 Å². The van der Waals surface area contributed by atoms with E-state index >= 15 is 0 Å². The van der Waals surface area contributed by atoms with Gasteiger partial charge in [0.05, 0.1) is 13.5 Å². The van der Waals surface area contributed by atoms with E-state index in [-0.39, 0.29) is 12.3 Å². The van der Waals surface area contributed by atoms with Crippen molar-refractivity contribution in [1.29, 1.82) is 0 Å². The van der Waals surface area contributed by atoms with Crippen LogP contribution in [0.1, 0.15) is 32.1 Å². The molecule has 1 fully saturated rings. The number of esters is 1. The first-order valence-electron chi connectivity index (χ1n) is 4.89. The summed E-state index contributed by atoms with van der Waals surface area (Å²) in [5.74, 6) is 1.94. The van der Waals surface area contributed by atoms with Crippen molar-refractivity contribution >= 4 is 5.97 Å². The zero-order valence-corrected chi connectivity index (χ0v) is 8.45. The zero-order valence-electron chi connectivity index (χ0n) is 8.45. The molecule has 1 N–H and O–H groups in total. The van der Waals surface area contributed by atoms with Gasteiger partial charge in [0.15, 0.2) is 0 Å². The topological polar surface area (TPSA) is 46.5 Å². The van der Waals surface area contributed by atoms with Crippen molar-refractivity contribution in [2.75, 3.05) is 7.11 Å². The van der Waals surface area contributed by atoms with Gasteiger partial charge in [0.25, 0.3) is 0 Å². The van der Waals surface area contributed by atoms with Crippen LogP contribution in [0, 0.1) is 18.3 Å². The Morgan fingerprint density at radius 1 is 1.64 bits per heavy atom. The third-order valence-corrected chi connectivity index (χ3v) is 2.92. The number of methoxy groups -OCH3 is 1. The molecule has 3 heteroatoms. The van der Waals surface area contributed by atoms with Crippen molar-refractivity contribution in [3.63, 3.8) is 0 Å². The summed E-state index contributed by atoms with van der Waals surface area (Å²) in [7, 11) is 1.30. The number of aliphatic hydroxyl groups is 1. The average molecular weight is 196 g/mol. The molecule has 0 saturated heterocycles. The van der Waals surface area contributed by atoms with Gasteiger partial charge in [-0.15, -0.1) is 6.42 Å². The number of hydrogen-bond donors (Lipinski definition) is 1. The molecule has 0 bridgehead atoms. The van der Waals surface area contributed by atoms with Crippen LogP contribution in [0.4, 0.5) is 0 Å². The Bertz CT molecular complexity index is 248. The van der Waals surface area contributed by atoms with Crippen LogP contribution in [0.5, 0.6) is 0 Å². The van der Waals surface area contributed by atoms with E-state index in [9.17, 15) is 9.90 Å². The Balaban J connectivity index is 2.65. The van der Waals surface area contributed by atoms with Crippen molar-refractivity contribution in [2.24, 2.45) is 5.92 Å². The number of terminal acetylenes is 1. The molecule has 0 aromatic rings. The Morgan fingerprint density at radius 3 is 2.64 bits per heavy atom. The lowest BCUT2D eigenvalue weighted by Gasteiger charge is -2.27. The molecule has 1 atom stereocenters. The second kappa shape index (κ2) is 4.47. The maximum atomic E-state index is 11.1. The van der Waals surface area contributed by atoms with Crippen LogP contribution in [-0.4, -0.2) is 23.8 Å². The summed E-state index contributed by atoms with van der Waals surface area (Å²) in [6.45, 7) is 0. The molecule has 0 unspecified atom stereocenters. The van der Waals surface area contributed by atoms with Crippen molar-refractivity contribution in [2.45, 2.75) is 37.7 Å². The van der Waals surface area contributed by atoms with Crippen LogP contribution in [0.15, 0.2) is 0 Å². The van der Waals surface area contributed by atoms with Gasteiger partial charge in [0.1, 0.15) is 5.60 Å². The van der Waals surface area contributed by atoms with E-state index in [1.165, 1.54) is 7.11 Å². The van der Waals surface area contributed by atoms with Crippen molar-refractivity contribution < 1.29 is 14.6 Å². The average Bonchev–Trinajstić information content (AvgIpc) is 2.70. The van der Waals surface area contributed by atoms with Gasteiger partial charge in [-0.05, 0) is 18.8 Å². The number of rotatable bonds is 3. The van der Waals surface area contributed by atoms with E-state index in [4.69, 9.17) is 6.42 Å². The predicted octanol–water partition coefficient (Wildman–Crippen LogP) is 1.10. The van der Waals surface area contributed by atoms with E-state index < -0.39 is 11.6 Å². The molecule has 1 aliphatic carbocycles. The molecular weight excluding hydrogens is 180 g/mol. The van der Waals surface area contributed by atoms with Gasteiger partial charge in [-0.1, -0.05) is 18.8 Å². The molecule has 0 amide bonds. The minimum Gasteiger partial charge on any atom is -0.469 e. The molecule has 1 rings (SSSR count). The second-order valence-electron chi connectivity index (χ2n) is 3.80. The summed E-state index contributed by atoms with van der Waals surface area (Å²) < 4.78 is 4.51. The van der Waals surface area contributed by atoms with Crippen LogP contribution in [0.3, 0.4) is 0 Å². The Hall–Kier alpha value is -1.01. The van der Waals surface area contributed by atoms with E-state index in [0.717, 1.165) is 25.7 Å². The summed E-state index contributed by atoms with van der Waals surface area (Å²) in [6.07, 6.45) is 9.15. The van der Waals surface area contributed by atoms with Crippen molar-refractivity contribution in [3.05, 3.63) is 0 Å². The molecule has 14 heavy (non-hydrogen) atoms. The predicted molar refractivity (Wildman–Crippen MR) is 52.4 cm³/mol. The van der Waals surface area contributed by atoms with E-state index in [0.29, 0.717) is 0 Å². The molecule has 1 saturated carbocycles. The molecule has 0 heterocycles. The van der Waals surface area contributed by atoms with E-state index in [2.05, 4.69) is 10.7 Å². The quantitative estimate of drug-likeness (QED) is 0.543. The van der Waals surface area contributed by atoms with Crippen LogP contribution in [0.25, 0.3) is 0 Å². The molecule has 0 aromatic heterocycles. The maximum Gasteiger partial charge on any atom is 0.309 e. The molecule has 0 radical (unpaired) electrons. The smallest absolute Gasteiger partial charge is 0.309 e. The highest BCUT2D eigenvalue weighted by atomic mass is 16.5. The first kappa shape index (κ1) is 11.1. The summed E-state index contributed by atoms with van der Waals surface area (Å²) >= 11 is 0. The Morgan fingerprint density at radius 2 is 2.21 bits per heavy atom. The fraction of sp³-hybridized carbons (Fsp3) is 0.727. The number of carbonyl (C=O) groups is 1. The molecule has 1 aliphatic rings. The van der Waals surface area contributed by atoms with E-state index in [1.54, 1.807) is 0 Å². The fourth-order valence-electron chi connectivity index (χ4n) is 2.01. The zero-order chi connectivity index (χ0) is 10.6. The van der Waals surface area contributed by atoms with Gasteiger partial charge >= 0.3 is 5.97 Å². The molecule has 0 aromatic carbocycles. The lowest BCUT2D eigenvalue weighted by molar-refractivity contribution is -0.145. The van der Waals surface area contributed by atoms with Crippen LogP contribution >= 0.6 is 0 Å². The van der Waals surface area contributed by atoms with Crippen LogP contribution in [-0.2, 0) is 9.53 Å². The van der Waals surface area contributed by atoms with E-state index in [1.807, 2.05) is 0 Å². The first-order chi connectivity index (χ1) is 6.62. The molecule has 78 valence electrons. The summed E-state index contributed by atoms with van der Waals surface area (Å²) in [6, 6.07) is 0. The summed E-state index contributed by atoms with van der Waals surface area (Å²) in [5.41, 5.74) is -1.30. The molecule has 3 nitrogen and oxygen atoms in total. The van der Waals surface area contributed by atoms with Crippen LogP contribution in [0.2, 0.25) is 0 Å². The minimum atomic E-state index is -1.30. The highest BCUT2D eigenvalue weighted by Crippen LogP contribution is 2.35. The van der Waals surface area contributed by atoms with Gasteiger partial charge in [-0.2, -0.15) is 0 Å². The highest BCUT2D eigenvalue weighted by Gasteiger charge is 2.38. The SMILES string of the molecule is C#C[C@@](O)(CC(=O)OC)C1CCCC1. The number of ether oxygens (including phenoxy) is 1. The normalized spacial score (nSPS) is 21.2. The Labute approximate surface area is 84.5 Å². The van der Waals surface area contributed by atoms with Gasteiger partial charge in [-0.3, -0.25) is 4.79 Å². The third-order valence-electron chi connectivity index (χ3n) is 2.92. The van der Waals surface area contributed by atoms with Gasteiger partial charge in [0.2, 0.25) is 0 Å². The lowest BCUT2D eigenvalue weighted by atomic mass is 9.84. The second-order valence-corrected chi connectivity index (χ2v) is 3.80. The largest absolute Gasteiger partial charge is 0.469 e. The number of hydrogen-bond acceptors (Lipinski definition) is 3. The van der Waals surface area contributed by atoms with Crippen molar-refractivity contribution in [3.8, 4) is 12.3 Å². The Kier molecular flexibility index (Phi) is 3.54. The highest BCUT2D eigenvalue weighted by molar-refractivity contribution is 5.71. The summed E-state index contributed by atoms with van der Waals surface area (Å²) in [5, 5.41) is 10.1. The van der Waals surface area contributed by atoms with Gasteiger partial charge < -0.3 is 9.84 Å².